The van der Waals surface area contributed by atoms with Crippen LogP contribution in [0.4, 0.5) is 5.69 Å². The van der Waals surface area contributed by atoms with E-state index in [-0.39, 0.29) is 24.7 Å². The van der Waals surface area contributed by atoms with Crippen LogP contribution in [-0.4, -0.2) is 28.4 Å². The second-order valence-electron chi connectivity index (χ2n) is 5.05. The first-order valence-electron chi connectivity index (χ1n) is 7.12. The molecule has 0 bridgehead atoms. The van der Waals surface area contributed by atoms with Crippen molar-refractivity contribution in [1.29, 1.82) is 0 Å². The van der Waals surface area contributed by atoms with Crippen LogP contribution < -0.4 is 10.6 Å². The molecule has 116 valence electrons. The summed E-state index contributed by atoms with van der Waals surface area (Å²) >= 11 is 0. The number of hydrogen-bond acceptors (Lipinski definition) is 3. The van der Waals surface area contributed by atoms with Crippen molar-refractivity contribution in [2.45, 2.75) is 26.7 Å². The molecule has 0 unspecified atom stereocenters. The smallest absolute Gasteiger partial charge is 0.224 e. The molecular weight excluding hydrogens is 280 g/mol. The van der Waals surface area contributed by atoms with Crippen LogP contribution in [0.15, 0.2) is 30.6 Å². The number of benzene rings is 1. The summed E-state index contributed by atoms with van der Waals surface area (Å²) in [6.07, 6.45) is 2.14. The highest BCUT2D eigenvalue weighted by molar-refractivity contribution is 5.93. The molecule has 0 aliphatic rings. The largest absolute Gasteiger partial charge is 0.359 e. The summed E-state index contributed by atoms with van der Waals surface area (Å²) in [6, 6.07) is 7.51. The highest BCUT2D eigenvalue weighted by Gasteiger charge is 2.07. The van der Waals surface area contributed by atoms with Gasteiger partial charge in [-0.15, -0.1) is 0 Å². The Balaban J connectivity index is 1.99. The molecule has 0 fully saturated rings. The number of aryl methyl sites for hydroxylation is 1. The molecule has 6 heteroatoms. The number of rotatable bonds is 5. The van der Waals surface area contributed by atoms with E-state index < -0.39 is 0 Å². The topological polar surface area (TPSA) is 76.0 Å². The summed E-state index contributed by atoms with van der Waals surface area (Å²) in [7, 11) is 1.55. The Bertz CT molecular complexity index is 674. The molecule has 22 heavy (non-hydrogen) atoms. The number of nitrogens with one attached hydrogen (secondary N) is 2. The number of amides is 2. The molecule has 2 amide bonds. The maximum absolute atomic E-state index is 11.7. The van der Waals surface area contributed by atoms with Crippen LogP contribution in [0.3, 0.4) is 0 Å². The van der Waals surface area contributed by atoms with Crippen molar-refractivity contribution in [3.63, 3.8) is 0 Å². The Morgan fingerprint density at radius 3 is 2.27 bits per heavy atom. The number of nitrogens with zero attached hydrogens (tertiary/aromatic N) is 2. The SMILES string of the molecule is CNC(=O)CCC(=O)Nc1ccc(-n2cnc(C)c2C)cc1. The summed E-state index contributed by atoms with van der Waals surface area (Å²) in [4.78, 5) is 27.1. The molecule has 0 aliphatic heterocycles. The fraction of sp³-hybridized carbons (Fsp3) is 0.312. The molecule has 0 atom stereocenters. The summed E-state index contributed by atoms with van der Waals surface area (Å²) < 4.78 is 1.99. The first-order chi connectivity index (χ1) is 10.5. The van der Waals surface area contributed by atoms with Gasteiger partial charge in [0.2, 0.25) is 11.8 Å². The van der Waals surface area contributed by atoms with Gasteiger partial charge in [0.25, 0.3) is 0 Å². The van der Waals surface area contributed by atoms with Gasteiger partial charge in [-0.25, -0.2) is 4.98 Å². The summed E-state index contributed by atoms with van der Waals surface area (Å²) in [5, 5.41) is 5.27. The highest BCUT2D eigenvalue weighted by atomic mass is 16.2. The molecule has 0 aliphatic carbocycles. The Kier molecular flexibility index (Phi) is 4.93. The van der Waals surface area contributed by atoms with Gasteiger partial charge in [-0.1, -0.05) is 0 Å². The standard InChI is InChI=1S/C16H20N4O2/c1-11-12(2)20(10-18-11)14-6-4-13(5-7-14)19-16(22)9-8-15(21)17-3/h4-7,10H,8-9H2,1-3H3,(H,17,21)(H,19,22). The van der Waals surface area contributed by atoms with Gasteiger partial charge in [-0.3, -0.25) is 9.59 Å². The van der Waals surface area contributed by atoms with Crippen LogP contribution in [0, 0.1) is 13.8 Å². The molecule has 2 rings (SSSR count). The third kappa shape index (κ3) is 3.72. The zero-order chi connectivity index (χ0) is 16.1. The lowest BCUT2D eigenvalue weighted by Crippen LogP contribution is -2.20. The van der Waals surface area contributed by atoms with E-state index in [0.29, 0.717) is 5.69 Å². The van der Waals surface area contributed by atoms with Crippen LogP contribution in [0.5, 0.6) is 0 Å². The van der Waals surface area contributed by atoms with Gasteiger partial charge in [0, 0.05) is 37.0 Å². The average Bonchev–Trinajstić information content (AvgIpc) is 2.85. The minimum absolute atomic E-state index is 0.142. The maximum atomic E-state index is 11.7. The van der Waals surface area contributed by atoms with Crippen LogP contribution in [0.25, 0.3) is 5.69 Å². The molecule has 1 aromatic heterocycles. The van der Waals surface area contributed by atoms with Gasteiger partial charge in [0.1, 0.15) is 0 Å². The first kappa shape index (κ1) is 15.8. The summed E-state index contributed by atoms with van der Waals surface area (Å²) in [5.41, 5.74) is 3.77. The lowest BCUT2D eigenvalue weighted by atomic mass is 10.2. The van der Waals surface area contributed by atoms with E-state index in [1.807, 2.05) is 42.7 Å². The summed E-state index contributed by atoms with van der Waals surface area (Å²) in [6.45, 7) is 3.98. The van der Waals surface area contributed by atoms with E-state index in [1.54, 1.807) is 13.4 Å². The van der Waals surface area contributed by atoms with Crippen LogP contribution in [0.1, 0.15) is 24.2 Å². The molecule has 1 aromatic carbocycles. The fourth-order valence-electron chi connectivity index (χ4n) is 2.04. The Hall–Kier alpha value is -2.63. The van der Waals surface area contributed by atoms with E-state index in [4.69, 9.17) is 0 Å². The van der Waals surface area contributed by atoms with Crippen molar-refractivity contribution >= 4 is 17.5 Å². The summed E-state index contributed by atoms with van der Waals surface area (Å²) in [5.74, 6) is -0.317. The number of carbonyl (C=O) groups excluding carboxylic acids is 2. The van der Waals surface area contributed by atoms with E-state index in [1.165, 1.54) is 0 Å². The second kappa shape index (κ2) is 6.89. The quantitative estimate of drug-likeness (QED) is 0.886. The Morgan fingerprint density at radius 2 is 1.73 bits per heavy atom. The normalized spacial score (nSPS) is 10.3. The second-order valence-corrected chi connectivity index (χ2v) is 5.05. The molecule has 0 radical (unpaired) electrons. The van der Waals surface area contributed by atoms with Crippen molar-refractivity contribution in [2.75, 3.05) is 12.4 Å². The maximum Gasteiger partial charge on any atom is 0.224 e. The molecule has 2 N–H and O–H groups in total. The van der Waals surface area contributed by atoms with E-state index in [0.717, 1.165) is 17.1 Å². The molecule has 0 saturated carbocycles. The van der Waals surface area contributed by atoms with Crippen molar-refractivity contribution < 1.29 is 9.59 Å². The third-order valence-corrected chi connectivity index (χ3v) is 3.54. The zero-order valence-corrected chi connectivity index (χ0v) is 13.0. The van der Waals surface area contributed by atoms with Crippen molar-refractivity contribution in [3.05, 3.63) is 42.0 Å². The first-order valence-corrected chi connectivity index (χ1v) is 7.12. The van der Waals surface area contributed by atoms with Gasteiger partial charge in [-0.2, -0.15) is 0 Å². The van der Waals surface area contributed by atoms with Crippen LogP contribution in [0.2, 0.25) is 0 Å². The van der Waals surface area contributed by atoms with E-state index >= 15 is 0 Å². The monoisotopic (exact) mass is 300 g/mol. The molecular formula is C16H20N4O2. The van der Waals surface area contributed by atoms with Gasteiger partial charge in [-0.05, 0) is 38.1 Å². The Labute approximate surface area is 129 Å². The Morgan fingerprint density at radius 1 is 1.09 bits per heavy atom. The predicted molar refractivity (Wildman–Crippen MR) is 85.0 cm³/mol. The highest BCUT2D eigenvalue weighted by Crippen LogP contribution is 2.16. The predicted octanol–water partition coefficient (Wildman–Crippen LogP) is 1.95. The molecule has 0 spiro atoms. The van der Waals surface area contributed by atoms with Crippen molar-refractivity contribution in [1.82, 2.24) is 14.9 Å². The lowest BCUT2D eigenvalue weighted by Gasteiger charge is -2.08. The van der Waals surface area contributed by atoms with E-state index in [2.05, 4.69) is 15.6 Å². The number of hydrogen-bond donors (Lipinski definition) is 2. The minimum atomic E-state index is -0.175. The average molecular weight is 300 g/mol. The number of imidazole rings is 1. The molecule has 0 saturated heterocycles. The molecule has 6 nitrogen and oxygen atoms in total. The lowest BCUT2D eigenvalue weighted by molar-refractivity contribution is -0.124. The van der Waals surface area contributed by atoms with Crippen LogP contribution >= 0.6 is 0 Å². The van der Waals surface area contributed by atoms with E-state index in [9.17, 15) is 9.59 Å². The molecule has 1 heterocycles. The zero-order valence-electron chi connectivity index (χ0n) is 13.0. The van der Waals surface area contributed by atoms with Crippen LogP contribution in [-0.2, 0) is 9.59 Å². The van der Waals surface area contributed by atoms with Gasteiger partial charge < -0.3 is 15.2 Å². The molecule has 2 aromatic rings. The van der Waals surface area contributed by atoms with Crippen molar-refractivity contribution in [3.8, 4) is 5.69 Å². The number of carbonyl (C=O) groups is 2. The fourth-order valence-corrected chi connectivity index (χ4v) is 2.04. The minimum Gasteiger partial charge on any atom is -0.359 e. The van der Waals surface area contributed by atoms with Gasteiger partial charge >= 0.3 is 0 Å². The van der Waals surface area contributed by atoms with Crippen molar-refractivity contribution in [2.24, 2.45) is 0 Å². The van der Waals surface area contributed by atoms with Gasteiger partial charge in [0.15, 0.2) is 0 Å². The van der Waals surface area contributed by atoms with Gasteiger partial charge in [0.05, 0.1) is 12.0 Å². The number of anilines is 1. The third-order valence-electron chi connectivity index (χ3n) is 3.54. The number of aromatic nitrogens is 2.